The minimum Gasteiger partial charge on any atom is -0.496 e. The maximum absolute atomic E-state index is 13.0. The number of terminal acetylenes is 1. The maximum atomic E-state index is 13.0. The lowest BCUT2D eigenvalue weighted by Gasteiger charge is -2.07. The topological polar surface area (TPSA) is 43.6 Å². The van der Waals surface area contributed by atoms with Crippen LogP contribution in [-0.4, -0.2) is 17.6 Å². The average molecular weight is 407 g/mol. The Balaban J connectivity index is 1.92. The van der Waals surface area contributed by atoms with E-state index in [1.54, 1.807) is 23.8 Å². The molecule has 4 aromatic rings. The molecule has 0 bridgehead atoms. The lowest BCUT2D eigenvalue weighted by molar-refractivity contribution is 0.0995. The van der Waals surface area contributed by atoms with Gasteiger partial charge in [-0.25, -0.2) is 0 Å². The highest BCUT2D eigenvalue weighted by atomic mass is 35.5. The maximum Gasteiger partial charge on any atom is 0.283 e. The Hall–Kier alpha value is -3.07. The highest BCUT2D eigenvalue weighted by molar-refractivity contribution is 7.16. The molecule has 0 aliphatic heterocycles. The highest BCUT2D eigenvalue weighted by Gasteiger charge is 2.15. The monoisotopic (exact) mass is 406 g/mol. The number of fused-ring (bicyclic) bond motifs is 2. The molecular weight excluding hydrogens is 392 g/mol. The van der Waals surface area contributed by atoms with Crippen LogP contribution in [0.4, 0.5) is 0 Å². The van der Waals surface area contributed by atoms with E-state index in [4.69, 9.17) is 22.8 Å². The van der Waals surface area contributed by atoms with Crippen molar-refractivity contribution >= 4 is 49.8 Å². The lowest BCUT2D eigenvalue weighted by Crippen LogP contribution is -2.17. The van der Waals surface area contributed by atoms with Crippen LogP contribution in [0.15, 0.2) is 59.6 Å². The number of para-hydroxylation sites is 1. The molecule has 0 radical (unpaired) electrons. The van der Waals surface area contributed by atoms with Gasteiger partial charge in [-0.15, -0.1) is 6.42 Å². The molecule has 6 heteroatoms. The summed E-state index contributed by atoms with van der Waals surface area (Å²) >= 11 is 7.72. The van der Waals surface area contributed by atoms with Gasteiger partial charge in [0.1, 0.15) is 5.75 Å². The molecule has 1 heterocycles. The van der Waals surface area contributed by atoms with Crippen molar-refractivity contribution < 1.29 is 9.53 Å². The molecule has 0 N–H and O–H groups in total. The fourth-order valence-electron chi connectivity index (χ4n) is 3.11. The standard InChI is InChI=1S/C22H15ClN2O2S/c1-3-11-25-20-17(23)9-6-10-19(20)28-22(25)24-21(26)16-12-14-7-4-5-8-15(14)13-18(16)27-2/h1,4-10,12-13H,11H2,2H3. The Kier molecular flexibility index (Phi) is 4.91. The number of hydrogen-bond donors (Lipinski definition) is 0. The molecule has 3 aromatic carbocycles. The van der Waals surface area contributed by atoms with Crippen molar-refractivity contribution in [3.63, 3.8) is 0 Å². The number of rotatable bonds is 3. The fraction of sp³-hybridized carbons (Fsp3) is 0.0909. The highest BCUT2D eigenvalue weighted by Crippen LogP contribution is 2.28. The Morgan fingerprint density at radius 2 is 1.96 bits per heavy atom. The van der Waals surface area contributed by atoms with Crippen molar-refractivity contribution in [2.24, 2.45) is 4.99 Å². The molecule has 4 rings (SSSR count). The van der Waals surface area contributed by atoms with E-state index in [1.807, 2.05) is 42.5 Å². The fourth-order valence-corrected chi connectivity index (χ4v) is 4.50. The Labute approximate surface area is 170 Å². The summed E-state index contributed by atoms with van der Waals surface area (Å²) in [7, 11) is 1.54. The van der Waals surface area contributed by atoms with Crippen LogP contribution in [0, 0.1) is 12.3 Å². The van der Waals surface area contributed by atoms with E-state index in [0.717, 1.165) is 21.0 Å². The van der Waals surface area contributed by atoms with Gasteiger partial charge in [0.15, 0.2) is 4.80 Å². The van der Waals surface area contributed by atoms with Crippen LogP contribution in [0.25, 0.3) is 21.0 Å². The summed E-state index contributed by atoms with van der Waals surface area (Å²) < 4.78 is 8.13. The van der Waals surface area contributed by atoms with Gasteiger partial charge in [-0.1, -0.05) is 59.2 Å². The minimum atomic E-state index is -0.393. The molecule has 0 unspecified atom stereocenters. The number of ether oxygens (including phenoxy) is 1. The predicted octanol–water partition coefficient (Wildman–Crippen LogP) is 4.89. The van der Waals surface area contributed by atoms with Crippen LogP contribution < -0.4 is 9.54 Å². The molecule has 4 nitrogen and oxygen atoms in total. The molecule has 0 aliphatic rings. The van der Waals surface area contributed by atoms with Crippen molar-refractivity contribution in [2.45, 2.75) is 6.54 Å². The summed E-state index contributed by atoms with van der Waals surface area (Å²) in [5.74, 6) is 2.69. The third kappa shape index (κ3) is 3.18. The summed E-state index contributed by atoms with van der Waals surface area (Å²) in [5.41, 5.74) is 1.18. The van der Waals surface area contributed by atoms with E-state index < -0.39 is 5.91 Å². The van der Waals surface area contributed by atoms with Crippen LogP contribution in [0.1, 0.15) is 10.4 Å². The van der Waals surface area contributed by atoms with Crippen molar-refractivity contribution in [3.05, 3.63) is 70.0 Å². The van der Waals surface area contributed by atoms with Gasteiger partial charge >= 0.3 is 0 Å². The van der Waals surface area contributed by atoms with Crippen LogP contribution in [0.3, 0.4) is 0 Å². The number of halogens is 1. The molecule has 1 amide bonds. The third-order valence-corrected chi connectivity index (χ3v) is 5.75. The molecule has 0 aliphatic carbocycles. The summed E-state index contributed by atoms with van der Waals surface area (Å²) in [6.45, 7) is 0.269. The predicted molar refractivity (Wildman–Crippen MR) is 114 cm³/mol. The molecule has 0 saturated carbocycles. The number of thiazole rings is 1. The summed E-state index contributed by atoms with van der Waals surface area (Å²) in [5, 5.41) is 2.51. The SMILES string of the molecule is C#CCn1c(=NC(=O)c2cc3ccccc3cc2OC)sc2cccc(Cl)c21. The second-order valence-corrected chi connectivity index (χ2v) is 7.49. The average Bonchev–Trinajstić information content (AvgIpc) is 3.05. The first-order valence-electron chi connectivity index (χ1n) is 8.49. The molecule has 28 heavy (non-hydrogen) atoms. The summed E-state index contributed by atoms with van der Waals surface area (Å²) in [4.78, 5) is 17.9. The van der Waals surface area contributed by atoms with E-state index in [-0.39, 0.29) is 6.54 Å². The van der Waals surface area contributed by atoms with Crippen molar-refractivity contribution in [3.8, 4) is 18.1 Å². The molecule has 0 saturated heterocycles. The van der Waals surface area contributed by atoms with Crippen molar-refractivity contribution in [1.29, 1.82) is 0 Å². The minimum absolute atomic E-state index is 0.269. The van der Waals surface area contributed by atoms with Crippen LogP contribution in [0.2, 0.25) is 5.02 Å². The van der Waals surface area contributed by atoms with E-state index >= 15 is 0 Å². The molecule has 138 valence electrons. The number of hydrogen-bond acceptors (Lipinski definition) is 3. The van der Waals surface area contributed by atoms with E-state index in [1.165, 1.54) is 11.3 Å². The number of aromatic nitrogens is 1. The van der Waals surface area contributed by atoms with Gasteiger partial charge < -0.3 is 9.30 Å². The summed E-state index contributed by atoms with van der Waals surface area (Å²) in [6.07, 6.45) is 5.52. The van der Waals surface area contributed by atoms with Gasteiger partial charge in [-0.3, -0.25) is 4.79 Å². The molecule has 0 atom stereocenters. The quantitative estimate of drug-likeness (QED) is 0.454. The van der Waals surface area contributed by atoms with Crippen LogP contribution in [-0.2, 0) is 6.54 Å². The van der Waals surface area contributed by atoms with Gasteiger partial charge in [0.25, 0.3) is 5.91 Å². The second kappa shape index (κ2) is 7.51. The van der Waals surface area contributed by atoms with E-state index in [9.17, 15) is 4.79 Å². The number of amides is 1. The van der Waals surface area contributed by atoms with Gasteiger partial charge in [-0.2, -0.15) is 4.99 Å². The Bertz CT molecular complexity index is 1330. The molecule has 0 spiro atoms. The molecule has 1 aromatic heterocycles. The van der Waals surface area contributed by atoms with Crippen molar-refractivity contribution in [1.82, 2.24) is 4.57 Å². The zero-order chi connectivity index (χ0) is 19.7. The largest absolute Gasteiger partial charge is 0.496 e. The Morgan fingerprint density at radius 3 is 2.68 bits per heavy atom. The zero-order valence-corrected chi connectivity index (χ0v) is 16.6. The first-order chi connectivity index (χ1) is 13.6. The van der Waals surface area contributed by atoms with Crippen LogP contribution >= 0.6 is 22.9 Å². The molecule has 0 fully saturated rings. The van der Waals surface area contributed by atoms with Crippen molar-refractivity contribution in [2.75, 3.05) is 7.11 Å². The number of nitrogens with zero attached hydrogens (tertiary/aromatic N) is 2. The second-order valence-electron chi connectivity index (χ2n) is 6.08. The van der Waals surface area contributed by atoms with Gasteiger partial charge in [0.2, 0.25) is 0 Å². The smallest absolute Gasteiger partial charge is 0.283 e. The van der Waals surface area contributed by atoms with Crippen LogP contribution in [0.5, 0.6) is 5.75 Å². The number of benzene rings is 3. The first kappa shape index (κ1) is 18.3. The van der Waals surface area contributed by atoms with E-state index in [0.29, 0.717) is 21.1 Å². The summed E-state index contributed by atoms with van der Waals surface area (Å²) in [6, 6.07) is 17.0. The first-order valence-corrected chi connectivity index (χ1v) is 9.69. The number of carbonyl (C=O) groups is 1. The number of carbonyl (C=O) groups excluding carboxylic acids is 1. The van der Waals surface area contributed by atoms with Gasteiger partial charge in [0, 0.05) is 0 Å². The lowest BCUT2D eigenvalue weighted by atomic mass is 10.1. The normalized spacial score (nSPS) is 11.7. The number of methoxy groups -OCH3 is 1. The Morgan fingerprint density at radius 1 is 1.21 bits per heavy atom. The molecular formula is C22H15ClN2O2S. The van der Waals surface area contributed by atoms with Gasteiger partial charge in [0.05, 0.1) is 34.5 Å². The zero-order valence-electron chi connectivity index (χ0n) is 15.0. The van der Waals surface area contributed by atoms with E-state index in [2.05, 4.69) is 10.9 Å². The third-order valence-electron chi connectivity index (χ3n) is 4.40. The van der Waals surface area contributed by atoms with Gasteiger partial charge in [-0.05, 0) is 35.0 Å².